The van der Waals surface area contributed by atoms with Gasteiger partial charge in [-0.1, -0.05) is 0 Å². The predicted octanol–water partition coefficient (Wildman–Crippen LogP) is 2.53. The van der Waals surface area contributed by atoms with E-state index in [4.69, 9.17) is 12.2 Å². The van der Waals surface area contributed by atoms with E-state index in [1.807, 2.05) is 0 Å². The molecule has 0 bridgehead atoms. The molecule has 18 heavy (non-hydrogen) atoms. The number of aromatic hydroxyl groups is 1. The Balaban J connectivity index is 2.41. The maximum Gasteiger partial charge on any atom is 0.237 e. The first-order chi connectivity index (χ1) is 8.61. The molecule has 0 atom stereocenters. The third-order valence-electron chi connectivity index (χ3n) is 2.14. The SMILES string of the molecule is CONC(=S)N=Nc1c(O)[nH]c2ccc(F)cc12. The van der Waals surface area contributed by atoms with Crippen molar-refractivity contribution in [1.29, 1.82) is 0 Å². The van der Waals surface area contributed by atoms with E-state index in [0.29, 0.717) is 10.9 Å². The van der Waals surface area contributed by atoms with Gasteiger partial charge < -0.3 is 10.1 Å². The highest BCUT2D eigenvalue weighted by molar-refractivity contribution is 7.80. The Hall–Kier alpha value is -2.06. The Bertz CT molecular complexity index is 626. The molecule has 0 unspecified atom stereocenters. The lowest BCUT2D eigenvalue weighted by atomic mass is 10.2. The number of nitrogens with zero attached hydrogens (tertiary/aromatic N) is 2. The zero-order valence-electron chi connectivity index (χ0n) is 9.27. The van der Waals surface area contributed by atoms with Crippen LogP contribution in [0.1, 0.15) is 0 Å². The molecule has 0 saturated carbocycles. The van der Waals surface area contributed by atoms with Crippen LogP contribution in [-0.4, -0.2) is 22.3 Å². The van der Waals surface area contributed by atoms with Crippen molar-refractivity contribution in [3.63, 3.8) is 0 Å². The number of rotatable bonds is 2. The van der Waals surface area contributed by atoms with Gasteiger partial charge in [-0.25, -0.2) is 9.87 Å². The molecule has 0 fully saturated rings. The smallest absolute Gasteiger partial charge is 0.237 e. The van der Waals surface area contributed by atoms with E-state index in [1.54, 1.807) is 0 Å². The van der Waals surface area contributed by atoms with E-state index < -0.39 is 5.82 Å². The van der Waals surface area contributed by atoms with E-state index in [-0.39, 0.29) is 16.7 Å². The van der Waals surface area contributed by atoms with Crippen LogP contribution in [0.2, 0.25) is 0 Å². The molecule has 94 valence electrons. The Kier molecular flexibility index (Phi) is 3.49. The fourth-order valence-electron chi connectivity index (χ4n) is 1.44. The van der Waals surface area contributed by atoms with E-state index in [1.165, 1.54) is 25.3 Å². The Morgan fingerprint density at radius 3 is 3.06 bits per heavy atom. The molecule has 2 aromatic rings. The maximum absolute atomic E-state index is 13.1. The van der Waals surface area contributed by atoms with Crippen LogP contribution in [0, 0.1) is 5.82 Å². The first-order valence-electron chi connectivity index (χ1n) is 4.86. The Morgan fingerprint density at radius 2 is 2.33 bits per heavy atom. The van der Waals surface area contributed by atoms with E-state index >= 15 is 0 Å². The number of hydrogen-bond donors (Lipinski definition) is 3. The number of nitrogens with one attached hydrogen (secondary N) is 2. The predicted molar refractivity (Wildman–Crippen MR) is 67.2 cm³/mol. The van der Waals surface area contributed by atoms with Crippen LogP contribution < -0.4 is 5.48 Å². The number of thiocarbonyl (C=S) groups is 1. The maximum atomic E-state index is 13.1. The standard InChI is InChI=1S/C10H9FN4O2S/c1-17-15-10(18)14-13-8-6-4-5(11)2-3-7(6)12-9(8)16/h2-4,12,16H,1H3,(H,15,18). The monoisotopic (exact) mass is 268 g/mol. The van der Waals surface area contributed by atoms with Gasteiger partial charge in [0, 0.05) is 5.39 Å². The summed E-state index contributed by atoms with van der Waals surface area (Å²) in [5, 5.41) is 17.4. The number of hydrogen-bond acceptors (Lipinski definition) is 4. The molecule has 6 nitrogen and oxygen atoms in total. The lowest BCUT2D eigenvalue weighted by Crippen LogP contribution is -2.16. The van der Waals surface area contributed by atoms with Crippen molar-refractivity contribution in [1.82, 2.24) is 10.5 Å². The number of benzene rings is 1. The average molecular weight is 268 g/mol. The van der Waals surface area contributed by atoms with Crippen LogP contribution in [0.3, 0.4) is 0 Å². The van der Waals surface area contributed by atoms with E-state index in [2.05, 4.69) is 25.5 Å². The van der Waals surface area contributed by atoms with Crippen molar-refractivity contribution in [2.45, 2.75) is 0 Å². The van der Waals surface area contributed by atoms with Gasteiger partial charge >= 0.3 is 0 Å². The molecular formula is C10H9FN4O2S. The number of fused-ring (bicyclic) bond motifs is 1. The summed E-state index contributed by atoms with van der Waals surface area (Å²) in [6.45, 7) is 0. The third kappa shape index (κ3) is 2.44. The number of azo groups is 1. The molecule has 0 aliphatic heterocycles. The van der Waals surface area contributed by atoms with Crippen LogP contribution in [0.15, 0.2) is 28.4 Å². The van der Waals surface area contributed by atoms with Crippen molar-refractivity contribution in [3.8, 4) is 5.88 Å². The normalized spacial score (nSPS) is 11.2. The summed E-state index contributed by atoms with van der Waals surface area (Å²) >= 11 is 4.76. The second kappa shape index (κ2) is 5.07. The summed E-state index contributed by atoms with van der Waals surface area (Å²) in [7, 11) is 1.38. The van der Waals surface area contributed by atoms with Gasteiger partial charge in [-0.05, 0) is 30.4 Å². The minimum Gasteiger partial charge on any atom is -0.493 e. The average Bonchev–Trinajstić information content (AvgIpc) is 2.62. The molecule has 1 heterocycles. The summed E-state index contributed by atoms with van der Waals surface area (Å²) in [5.74, 6) is -0.643. The van der Waals surface area contributed by atoms with Crippen LogP contribution in [-0.2, 0) is 4.84 Å². The first kappa shape index (κ1) is 12.4. The lowest BCUT2D eigenvalue weighted by Gasteiger charge is -1.96. The van der Waals surface area contributed by atoms with Crippen molar-refractivity contribution < 1.29 is 14.3 Å². The van der Waals surface area contributed by atoms with Gasteiger partial charge in [0.1, 0.15) is 5.82 Å². The summed E-state index contributed by atoms with van der Waals surface area (Å²) in [5.41, 5.74) is 2.96. The molecule has 0 amide bonds. The number of aromatic amines is 1. The summed E-state index contributed by atoms with van der Waals surface area (Å²) in [6, 6.07) is 4.01. The van der Waals surface area contributed by atoms with Gasteiger partial charge in [-0.2, -0.15) is 0 Å². The molecule has 0 aliphatic rings. The fourth-order valence-corrected chi connectivity index (χ4v) is 1.56. The van der Waals surface area contributed by atoms with Crippen molar-refractivity contribution in [2.75, 3.05) is 7.11 Å². The highest BCUT2D eigenvalue weighted by atomic mass is 32.1. The molecule has 0 saturated heterocycles. The van der Waals surface area contributed by atoms with Crippen molar-refractivity contribution in [3.05, 3.63) is 24.0 Å². The van der Waals surface area contributed by atoms with E-state index in [9.17, 15) is 9.50 Å². The van der Waals surface area contributed by atoms with Gasteiger partial charge in [-0.3, -0.25) is 4.84 Å². The molecule has 3 N–H and O–H groups in total. The van der Waals surface area contributed by atoms with Crippen molar-refractivity contribution in [2.24, 2.45) is 10.2 Å². The molecule has 1 aromatic carbocycles. The summed E-state index contributed by atoms with van der Waals surface area (Å²) in [4.78, 5) is 7.19. The molecule has 0 spiro atoms. The van der Waals surface area contributed by atoms with Gasteiger partial charge in [0.05, 0.1) is 12.6 Å². The highest BCUT2D eigenvalue weighted by Gasteiger charge is 2.11. The molecule has 2 rings (SSSR count). The van der Waals surface area contributed by atoms with Crippen LogP contribution in [0.5, 0.6) is 5.88 Å². The zero-order valence-corrected chi connectivity index (χ0v) is 10.1. The number of halogens is 1. The minimum atomic E-state index is -0.435. The highest BCUT2D eigenvalue weighted by Crippen LogP contribution is 2.35. The first-order valence-corrected chi connectivity index (χ1v) is 5.27. The topological polar surface area (TPSA) is 82.0 Å². The molecular weight excluding hydrogens is 259 g/mol. The number of H-pyrrole nitrogens is 1. The summed E-state index contributed by atoms with van der Waals surface area (Å²) in [6.07, 6.45) is 0. The van der Waals surface area contributed by atoms with Gasteiger partial charge in [-0.15, -0.1) is 10.2 Å². The Morgan fingerprint density at radius 1 is 1.56 bits per heavy atom. The molecule has 8 heteroatoms. The van der Waals surface area contributed by atoms with Gasteiger partial charge in [0.25, 0.3) is 0 Å². The largest absolute Gasteiger partial charge is 0.493 e. The van der Waals surface area contributed by atoms with Crippen LogP contribution >= 0.6 is 12.2 Å². The Labute approximate surface area is 106 Å². The minimum absolute atomic E-state index is 0.0114. The van der Waals surface area contributed by atoms with Crippen LogP contribution in [0.25, 0.3) is 10.9 Å². The lowest BCUT2D eigenvalue weighted by molar-refractivity contribution is 0.145. The molecule has 0 aliphatic carbocycles. The molecule has 1 aromatic heterocycles. The van der Waals surface area contributed by atoms with Crippen molar-refractivity contribution >= 4 is 33.9 Å². The number of hydroxylamine groups is 1. The van der Waals surface area contributed by atoms with Crippen LogP contribution in [0.4, 0.5) is 10.1 Å². The second-order valence-electron chi connectivity index (χ2n) is 3.32. The third-order valence-corrected chi connectivity index (χ3v) is 2.31. The zero-order chi connectivity index (χ0) is 13.1. The quantitative estimate of drug-likeness (QED) is 0.444. The van der Waals surface area contributed by atoms with E-state index in [0.717, 1.165) is 0 Å². The molecule has 0 radical (unpaired) electrons. The second-order valence-corrected chi connectivity index (χ2v) is 3.71. The van der Waals surface area contributed by atoms with Gasteiger partial charge in [0.2, 0.25) is 11.0 Å². The fraction of sp³-hybridized carbons (Fsp3) is 0.100. The number of aromatic nitrogens is 1. The van der Waals surface area contributed by atoms with Gasteiger partial charge in [0.15, 0.2) is 5.69 Å². The summed E-state index contributed by atoms with van der Waals surface area (Å²) < 4.78 is 13.1.